The molecule has 1 heterocycles. The molecular weight excluding hydrogens is 304 g/mol. The van der Waals surface area contributed by atoms with Crippen LogP contribution in [0.25, 0.3) is 0 Å². The molecule has 0 aliphatic heterocycles. The number of aromatic hydroxyl groups is 1. The van der Waals surface area contributed by atoms with Crippen LogP contribution in [0.2, 0.25) is 0 Å². The highest BCUT2D eigenvalue weighted by Gasteiger charge is 2.12. The Hall–Kier alpha value is -2.41. The number of aryl methyl sites for hydroxylation is 1. The first-order valence-corrected chi connectivity index (χ1v) is 7.45. The first-order chi connectivity index (χ1) is 10.5. The molecule has 116 valence electrons. The summed E-state index contributed by atoms with van der Waals surface area (Å²) >= 11 is 1.36. The van der Waals surface area contributed by atoms with E-state index >= 15 is 0 Å². The van der Waals surface area contributed by atoms with E-state index in [1.165, 1.54) is 30.6 Å². The molecule has 1 amide bonds. The molecule has 7 heteroatoms. The molecule has 0 aliphatic rings. The van der Waals surface area contributed by atoms with Crippen molar-refractivity contribution in [2.75, 3.05) is 7.11 Å². The number of carbonyl (C=O) groups is 2. The smallest absolute Gasteiger partial charge is 0.311 e. The highest BCUT2D eigenvalue weighted by Crippen LogP contribution is 2.16. The zero-order valence-electron chi connectivity index (χ0n) is 12.3. The third-order valence-corrected chi connectivity index (χ3v) is 3.92. The molecule has 0 saturated heterocycles. The molecule has 0 atom stereocenters. The molecule has 0 unspecified atom stereocenters. The van der Waals surface area contributed by atoms with Crippen molar-refractivity contribution in [1.82, 2.24) is 10.3 Å². The lowest BCUT2D eigenvalue weighted by Gasteiger charge is -2.06. The number of nitrogens with one attached hydrogen (secondary N) is 1. The predicted molar refractivity (Wildman–Crippen MR) is 81.8 cm³/mol. The molecule has 0 bridgehead atoms. The van der Waals surface area contributed by atoms with Crippen molar-refractivity contribution in [3.63, 3.8) is 0 Å². The first kappa shape index (κ1) is 16.0. The van der Waals surface area contributed by atoms with Gasteiger partial charge in [-0.3, -0.25) is 9.59 Å². The van der Waals surface area contributed by atoms with Crippen molar-refractivity contribution in [1.29, 1.82) is 0 Å². The lowest BCUT2D eigenvalue weighted by atomic mass is 10.1. The summed E-state index contributed by atoms with van der Waals surface area (Å²) in [6.45, 7) is 2.06. The van der Waals surface area contributed by atoms with Crippen LogP contribution in [-0.2, 0) is 22.5 Å². The largest absolute Gasteiger partial charge is 0.508 e. The number of nitrogens with zero attached hydrogens (tertiary/aromatic N) is 1. The van der Waals surface area contributed by atoms with Gasteiger partial charge in [-0.1, -0.05) is 6.07 Å². The van der Waals surface area contributed by atoms with Crippen molar-refractivity contribution in [2.24, 2.45) is 0 Å². The molecule has 6 nitrogen and oxygen atoms in total. The molecule has 22 heavy (non-hydrogen) atoms. The summed E-state index contributed by atoms with van der Waals surface area (Å²) in [6, 6.07) is 4.64. The number of benzene rings is 1. The molecule has 1 aromatic heterocycles. The van der Waals surface area contributed by atoms with E-state index in [-0.39, 0.29) is 30.6 Å². The molecule has 2 N–H and O–H groups in total. The lowest BCUT2D eigenvalue weighted by Crippen LogP contribution is -2.23. The number of hydrogen-bond donors (Lipinski definition) is 2. The van der Waals surface area contributed by atoms with Gasteiger partial charge in [0.1, 0.15) is 10.8 Å². The summed E-state index contributed by atoms with van der Waals surface area (Å²) in [7, 11) is 1.33. The maximum atomic E-state index is 12.1. The second-order valence-corrected chi connectivity index (χ2v) is 5.61. The highest BCUT2D eigenvalue weighted by atomic mass is 32.1. The second-order valence-electron chi connectivity index (χ2n) is 4.67. The average Bonchev–Trinajstić information content (AvgIpc) is 2.94. The Morgan fingerprint density at radius 3 is 2.91 bits per heavy atom. The Kier molecular flexibility index (Phi) is 5.11. The van der Waals surface area contributed by atoms with Gasteiger partial charge >= 0.3 is 5.97 Å². The summed E-state index contributed by atoms with van der Waals surface area (Å²) in [5.74, 6) is -0.584. The fourth-order valence-corrected chi connectivity index (χ4v) is 2.57. The van der Waals surface area contributed by atoms with E-state index in [4.69, 9.17) is 0 Å². The molecule has 0 radical (unpaired) electrons. The van der Waals surface area contributed by atoms with Crippen LogP contribution < -0.4 is 5.32 Å². The van der Waals surface area contributed by atoms with E-state index in [0.717, 1.165) is 5.56 Å². The Balaban J connectivity index is 1.96. The number of aromatic nitrogens is 1. The third-order valence-electron chi connectivity index (χ3n) is 3.02. The van der Waals surface area contributed by atoms with E-state index in [1.54, 1.807) is 18.4 Å². The van der Waals surface area contributed by atoms with E-state index in [1.807, 2.05) is 0 Å². The van der Waals surface area contributed by atoms with Gasteiger partial charge in [-0.25, -0.2) is 4.98 Å². The predicted octanol–water partition coefficient (Wildman–Crippen LogP) is 1.80. The molecule has 0 aliphatic carbocycles. The molecule has 1 aromatic carbocycles. The number of methoxy groups -OCH3 is 1. The lowest BCUT2D eigenvalue weighted by molar-refractivity contribution is -0.139. The number of rotatable bonds is 5. The molecule has 0 spiro atoms. The summed E-state index contributed by atoms with van der Waals surface area (Å²) in [6.07, 6.45) is 0.118. The van der Waals surface area contributed by atoms with E-state index in [0.29, 0.717) is 16.3 Å². The average molecular weight is 320 g/mol. The second kappa shape index (κ2) is 7.04. The number of amides is 1. The van der Waals surface area contributed by atoms with Gasteiger partial charge in [0.15, 0.2) is 0 Å². The van der Waals surface area contributed by atoms with Crippen molar-refractivity contribution in [3.8, 4) is 5.75 Å². The number of hydrogen-bond acceptors (Lipinski definition) is 6. The van der Waals surface area contributed by atoms with Crippen LogP contribution in [0.1, 0.15) is 26.6 Å². The zero-order chi connectivity index (χ0) is 16.1. The SMILES string of the molecule is COC(=O)Cc1csc(CNC(=O)c2cc(O)ccc2C)n1. The van der Waals surface area contributed by atoms with Crippen LogP contribution in [0, 0.1) is 6.92 Å². The van der Waals surface area contributed by atoms with Gasteiger partial charge in [0, 0.05) is 10.9 Å². The highest BCUT2D eigenvalue weighted by molar-refractivity contribution is 7.09. The maximum absolute atomic E-state index is 12.1. The van der Waals surface area contributed by atoms with Crippen LogP contribution in [0.5, 0.6) is 5.75 Å². The number of phenols is 1. The van der Waals surface area contributed by atoms with Crippen molar-refractivity contribution < 1.29 is 19.4 Å². The summed E-state index contributed by atoms with van der Waals surface area (Å²) in [4.78, 5) is 27.5. The van der Waals surface area contributed by atoms with Gasteiger partial charge in [-0.2, -0.15) is 0 Å². The first-order valence-electron chi connectivity index (χ1n) is 6.57. The minimum atomic E-state index is -0.351. The maximum Gasteiger partial charge on any atom is 0.311 e. The van der Waals surface area contributed by atoms with Gasteiger partial charge < -0.3 is 15.2 Å². The molecular formula is C15H16N2O4S. The van der Waals surface area contributed by atoms with Crippen LogP contribution in [0.15, 0.2) is 23.6 Å². The van der Waals surface area contributed by atoms with Crippen LogP contribution in [0.4, 0.5) is 0 Å². The van der Waals surface area contributed by atoms with E-state index < -0.39 is 0 Å². The fourth-order valence-electron chi connectivity index (χ4n) is 1.84. The molecule has 2 aromatic rings. The van der Waals surface area contributed by atoms with Gasteiger partial charge in [0.05, 0.1) is 25.8 Å². The molecule has 0 saturated carbocycles. The fraction of sp³-hybridized carbons (Fsp3) is 0.267. The van der Waals surface area contributed by atoms with Gasteiger partial charge in [-0.05, 0) is 24.6 Å². The van der Waals surface area contributed by atoms with Gasteiger partial charge in [0.25, 0.3) is 5.91 Å². The van der Waals surface area contributed by atoms with Gasteiger partial charge in [-0.15, -0.1) is 11.3 Å². The van der Waals surface area contributed by atoms with E-state index in [9.17, 15) is 14.7 Å². The Labute approximate surface area is 131 Å². The summed E-state index contributed by atoms with van der Waals surface area (Å²) in [5, 5.41) is 14.7. The van der Waals surface area contributed by atoms with Crippen molar-refractivity contribution in [2.45, 2.75) is 19.9 Å². The van der Waals surface area contributed by atoms with E-state index in [2.05, 4.69) is 15.0 Å². The quantitative estimate of drug-likeness (QED) is 0.820. The summed E-state index contributed by atoms with van der Waals surface area (Å²) < 4.78 is 4.58. The minimum absolute atomic E-state index is 0.0466. The van der Waals surface area contributed by atoms with Crippen LogP contribution in [-0.4, -0.2) is 29.1 Å². The Morgan fingerprint density at radius 1 is 1.41 bits per heavy atom. The number of thiazole rings is 1. The number of phenolic OH excluding ortho intramolecular Hbond substituents is 1. The topological polar surface area (TPSA) is 88.5 Å². The minimum Gasteiger partial charge on any atom is -0.508 e. The van der Waals surface area contributed by atoms with Crippen molar-refractivity contribution in [3.05, 3.63) is 45.4 Å². The number of carbonyl (C=O) groups excluding carboxylic acids is 2. The van der Waals surface area contributed by atoms with Crippen LogP contribution in [0.3, 0.4) is 0 Å². The molecule has 2 rings (SSSR count). The molecule has 0 fully saturated rings. The summed E-state index contributed by atoms with van der Waals surface area (Å²) in [5.41, 5.74) is 1.82. The number of ether oxygens (including phenoxy) is 1. The van der Waals surface area contributed by atoms with Crippen molar-refractivity contribution >= 4 is 23.2 Å². The zero-order valence-corrected chi connectivity index (χ0v) is 13.1. The Morgan fingerprint density at radius 2 is 2.18 bits per heavy atom. The normalized spacial score (nSPS) is 10.3. The third kappa shape index (κ3) is 4.05. The van der Waals surface area contributed by atoms with Crippen LogP contribution >= 0.6 is 11.3 Å². The van der Waals surface area contributed by atoms with Gasteiger partial charge in [0.2, 0.25) is 0 Å². The monoisotopic (exact) mass is 320 g/mol. The standard InChI is InChI=1S/C15H16N2O4S/c1-9-3-4-11(18)6-12(9)15(20)16-7-13-17-10(8-22-13)5-14(19)21-2/h3-4,6,8,18H,5,7H2,1-2H3,(H,16,20). The number of esters is 1. The Bertz CT molecular complexity index is 697.